The monoisotopic (exact) mass is 968 g/mol. The fourth-order valence-corrected chi connectivity index (χ4v) is 12.4. The minimum atomic E-state index is 0.00286. The van der Waals surface area contributed by atoms with Crippen LogP contribution in [0.2, 0.25) is 0 Å². The summed E-state index contributed by atoms with van der Waals surface area (Å²) in [5.74, 6) is 0. The number of nitrogens with zero attached hydrogens (tertiary/aromatic N) is 2. The second kappa shape index (κ2) is 18.2. The van der Waals surface area contributed by atoms with Crippen LogP contribution in [0.1, 0.15) is 28.7 Å². The van der Waals surface area contributed by atoms with Gasteiger partial charge < -0.3 is 9.80 Å². The molecule has 0 bridgehead atoms. The van der Waals surface area contributed by atoms with Crippen LogP contribution >= 0.6 is 0 Å². The molecule has 0 heterocycles. The van der Waals surface area contributed by atoms with Gasteiger partial charge in [0.25, 0.3) is 0 Å². The molecule has 0 saturated carbocycles. The van der Waals surface area contributed by atoms with Crippen molar-refractivity contribution in [3.05, 3.63) is 283 Å². The Morgan fingerprint density at radius 2 is 0.789 bits per heavy atom. The molecule has 13 aromatic rings. The molecule has 2 aliphatic rings. The largest absolute Gasteiger partial charge is 0.333 e. The number of fused-ring (bicyclic) bond motifs is 8. The first-order chi connectivity index (χ1) is 37.6. The molecule has 13 aromatic carbocycles. The number of hydrogen-bond acceptors (Lipinski definition) is 2. The third kappa shape index (κ3) is 7.64. The zero-order valence-electron chi connectivity index (χ0n) is 42.1. The molecule has 0 spiro atoms. The SMILES string of the molecule is C1=Cc2cc(-c3ccc4c(N(c5ccc6ccccc6c5)c5ccc6ccccc6c5)c5cc(-c6ccc7ccccc7c6)ccc5c(N(c5ccc6ccccc6c5)C5C=Cc6ccccc6C5)c4c3)ccc2CC1. The highest BCUT2D eigenvalue weighted by molar-refractivity contribution is 6.24. The van der Waals surface area contributed by atoms with Crippen molar-refractivity contribution in [1.29, 1.82) is 0 Å². The van der Waals surface area contributed by atoms with Gasteiger partial charge in [-0.2, -0.15) is 0 Å². The smallest absolute Gasteiger partial charge is 0.0620 e. The van der Waals surface area contributed by atoms with Crippen molar-refractivity contribution in [2.24, 2.45) is 0 Å². The fraction of sp³-hybridized carbons (Fsp3) is 0.0541. The molecule has 0 fully saturated rings. The maximum Gasteiger partial charge on any atom is 0.0620 e. The summed E-state index contributed by atoms with van der Waals surface area (Å²) >= 11 is 0. The van der Waals surface area contributed by atoms with Crippen molar-refractivity contribution in [2.45, 2.75) is 25.3 Å². The zero-order valence-corrected chi connectivity index (χ0v) is 42.1. The van der Waals surface area contributed by atoms with Crippen LogP contribution < -0.4 is 9.80 Å². The number of rotatable bonds is 8. The van der Waals surface area contributed by atoms with Gasteiger partial charge in [0.15, 0.2) is 0 Å². The summed E-state index contributed by atoms with van der Waals surface area (Å²) < 4.78 is 0. The predicted molar refractivity (Wildman–Crippen MR) is 326 cm³/mol. The molecule has 0 radical (unpaired) electrons. The number of allylic oxidation sites excluding steroid dienone is 1. The highest BCUT2D eigenvalue weighted by atomic mass is 15.2. The van der Waals surface area contributed by atoms with E-state index in [2.05, 4.69) is 283 Å². The lowest BCUT2D eigenvalue weighted by Crippen LogP contribution is -2.33. The molecule has 1 unspecified atom stereocenters. The summed E-state index contributed by atoms with van der Waals surface area (Å²) in [6, 6.07) is 93.5. The van der Waals surface area contributed by atoms with E-state index >= 15 is 0 Å². The van der Waals surface area contributed by atoms with E-state index in [9.17, 15) is 0 Å². The van der Waals surface area contributed by atoms with Gasteiger partial charge in [0.1, 0.15) is 0 Å². The average Bonchev–Trinajstić information content (AvgIpc) is 3.60. The minimum absolute atomic E-state index is 0.00286. The Morgan fingerprint density at radius 1 is 0.316 bits per heavy atom. The Hall–Kier alpha value is -9.50. The summed E-state index contributed by atoms with van der Waals surface area (Å²) in [4.78, 5) is 5.23. The molecule has 76 heavy (non-hydrogen) atoms. The normalized spacial score (nSPS) is 13.9. The topological polar surface area (TPSA) is 6.48 Å². The summed E-state index contributed by atoms with van der Waals surface area (Å²) in [7, 11) is 0. The molecule has 2 aliphatic carbocycles. The van der Waals surface area contributed by atoms with Crippen LogP contribution in [0.5, 0.6) is 0 Å². The zero-order chi connectivity index (χ0) is 50.1. The highest BCUT2D eigenvalue weighted by Gasteiger charge is 2.30. The number of aryl methyl sites for hydroxylation is 1. The third-order valence-corrected chi connectivity index (χ3v) is 16.3. The molecular weight excluding hydrogens is 917 g/mol. The Balaban J connectivity index is 1.09. The molecule has 0 aromatic heterocycles. The first kappa shape index (κ1) is 44.0. The second-order valence-corrected chi connectivity index (χ2v) is 20.8. The van der Waals surface area contributed by atoms with Gasteiger partial charge in [0, 0.05) is 38.6 Å². The van der Waals surface area contributed by atoms with E-state index < -0.39 is 0 Å². The van der Waals surface area contributed by atoms with Crippen LogP contribution in [0.3, 0.4) is 0 Å². The standard InChI is InChI=1S/C74H52N2/c1-7-19-55-41-61(27-25-49(55)13-1)63-33-39-69-71(47-63)73(75(65-35-29-51-15-3-9-21-57(51)43-65)66-36-30-52-16-4-10-22-58(52)44-66)70-40-34-64(62-28-26-50-14-2-8-20-56(50)42-62)48-72(70)74(69)76(67-37-31-53-17-5-11-23-59(53)45-67)68-38-32-54-18-6-12-24-60(54)46-68/h1,3-13,15-45,47-48,68H,2,14,46H2. The molecule has 15 rings (SSSR count). The van der Waals surface area contributed by atoms with Crippen LogP contribution in [-0.2, 0) is 12.8 Å². The lowest BCUT2D eigenvalue weighted by atomic mass is 9.88. The van der Waals surface area contributed by atoms with E-state index in [4.69, 9.17) is 0 Å². The highest BCUT2D eigenvalue weighted by Crippen LogP contribution is 2.53. The first-order valence-corrected chi connectivity index (χ1v) is 26.8. The Labute approximate surface area is 443 Å². The average molecular weight is 969 g/mol. The first-order valence-electron chi connectivity index (χ1n) is 26.8. The summed E-state index contributed by atoms with van der Waals surface area (Å²) in [5, 5.41) is 14.5. The summed E-state index contributed by atoms with van der Waals surface area (Å²) in [5.41, 5.74) is 15.8. The minimum Gasteiger partial charge on any atom is -0.333 e. The predicted octanol–water partition coefficient (Wildman–Crippen LogP) is 20.1. The van der Waals surface area contributed by atoms with Crippen molar-refractivity contribution >= 4 is 105 Å². The van der Waals surface area contributed by atoms with Crippen molar-refractivity contribution in [3.63, 3.8) is 0 Å². The molecule has 0 amide bonds. The van der Waals surface area contributed by atoms with Gasteiger partial charge in [-0.1, -0.05) is 212 Å². The lowest BCUT2D eigenvalue weighted by molar-refractivity contribution is 0.771. The van der Waals surface area contributed by atoms with Crippen molar-refractivity contribution in [1.82, 2.24) is 0 Å². The van der Waals surface area contributed by atoms with Gasteiger partial charge in [-0.25, -0.2) is 0 Å². The molecule has 0 N–H and O–H groups in total. The van der Waals surface area contributed by atoms with Gasteiger partial charge in [-0.3, -0.25) is 0 Å². The van der Waals surface area contributed by atoms with E-state index in [1.807, 2.05) is 0 Å². The molecule has 2 heteroatoms. The van der Waals surface area contributed by atoms with Gasteiger partial charge in [0.2, 0.25) is 0 Å². The van der Waals surface area contributed by atoms with E-state index in [1.54, 1.807) is 0 Å². The van der Waals surface area contributed by atoms with Crippen LogP contribution in [-0.4, -0.2) is 6.04 Å². The molecule has 0 saturated heterocycles. The van der Waals surface area contributed by atoms with E-state index in [0.717, 1.165) is 42.0 Å². The van der Waals surface area contributed by atoms with Gasteiger partial charge >= 0.3 is 0 Å². The molecule has 1 atom stereocenters. The molecule has 358 valence electrons. The summed E-state index contributed by atoms with van der Waals surface area (Å²) in [6.45, 7) is 0. The quantitative estimate of drug-likeness (QED) is 0.111. The fourth-order valence-electron chi connectivity index (χ4n) is 12.4. The van der Waals surface area contributed by atoms with Crippen LogP contribution in [0.4, 0.5) is 28.4 Å². The van der Waals surface area contributed by atoms with E-state index in [-0.39, 0.29) is 6.04 Å². The van der Waals surface area contributed by atoms with Crippen molar-refractivity contribution in [2.75, 3.05) is 9.80 Å². The molecule has 0 aliphatic heterocycles. The van der Waals surface area contributed by atoms with Crippen LogP contribution in [0.25, 0.3) is 99.0 Å². The molecule has 2 nitrogen and oxygen atoms in total. The number of anilines is 5. The molecular formula is C74H52N2. The maximum absolute atomic E-state index is 2.68. The van der Waals surface area contributed by atoms with Crippen LogP contribution in [0, 0.1) is 0 Å². The van der Waals surface area contributed by atoms with E-state index in [0.29, 0.717) is 0 Å². The second-order valence-electron chi connectivity index (χ2n) is 20.8. The third-order valence-electron chi connectivity index (χ3n) is 16.3. The van der Waals surface area contributed by atoms with Gasteiger partial charge in [-0.05, 0) is 168 Å². The van der Waals surface area contributed by atoms with Crippen LogP contribution in [0.15, 0.2) is 261 Å². The number of hydrogen-bond donors (Lipinski definition) is 0. The Kier molecular flexibility index (Phi) is 10.5. The van der Waals surface area contributed by atoms with Gasteiger partial charge in [0.05, 0.1) is 17.4 Å². The Bertz CT molecular complexity index is 4460. The maximum atomic E-state index is 2.68. The van der Waals surface area contributed by atoms with Crippen molar-refractivity contribution in [3.8, 4) is 22.3 Å². The summed E-state index contributed by atoms with van der Waals surface area (Å²) in [6.07, 6.45) is 12.4. The van der Waals surface area contributed by atoms with E-state index in [1.165, 1.54) is 115 Å². The van der Waals surface area contributed by atoms with Gasteiger partial charge in [-0.15, -0.1) is 0 Å². The lowest BCUT2D eigenvalue weighted by Gasteiger charge is -2.38. The Morgan fingerprint density at radius 3 is 1.43 bits per heavy atom. The van der Waals surface area contributed by atoms with Crippen molar-refractivity contribution < 1.29 is 0 Å². The number of benzene rings is 13.